The summed E-state index contributed by atoms with van der Waals surface area (Å²) in [6, 6.07) is 17.7. The zero-order chi connectivity index (χ0) is 22.0. The van der Waals surface area contributed by atoms with E-state index >= 15 is 0 Å². The number of aromatic nitrogens is 1. The lowest BCUT2D eigenvalue weighted by atomic mass is 10.1. The van der Waals surface area contributed by atoms with E-state index in [2.05, 4.69) is 0 Å². The first-order valence-corrected chi connectivity index (χ1v) is 11.2. The summed E-state index contributed by atoms with van der Waals surface area (Å²) in [7, 11) is 3.96. The average Bonchev–Trinajstić information content (AvgIpc) is 3.21. The molecule has 0 unspecified atom stereocenters. The third kappa shape index (κ3) is 4.82. The molecule has 1 heterocycles. The van der Waals surface area contributed by atoms with Gasteiger partial charge in [0.15, 0.2) is 11.7 Å². The maximum absolute atomic E-state index is 13.2. The Hall–Kier alpha value is -2.67. The van der Waals surface area contributed by atoms with Crippen LogP contribution in [0.25, 0.3) is 21.0 Å². The number of ether oxygens (including phenoxy) is 1. The summed E-state index contributed by atoms with van der Waals surface area (Å²) in [5, 5.41) is 3.50. The van der Waals surface area contributed by atoms with Gasteiger partial charge < -0.3 is 9.64 Å². The van der Waals surface area contributed by atoms with Gasteiger partial charge in [0, 0.05) is 13.1 Å². The average molecular weight is 454 g/mol. The van der Waals surface area contributed by atoms with Crippen molar-refractivity contribution in [2.75, 3.05) is 38.7 Å². The summed E-state index contributed by atoms with van der Waals surface area (Å²) in [6.07, 6.45) is 0. The van der Waals surface area contributed by atoms with Crippen molar-refractivity contribution in [1.29, 1.82) is 0 Å². The van der Waals surface area contributed by atoms with Crippen molar-refractivity contribution in [3.8, 4) is 5.75 Å². The molecule has 0 saturated heterocycles. The number of hydrogen-bond acceptors (Lipinski definition) is 5. The van der Waals surface area contributed by atoms with E-state index in [1.54, 1.807) is 4.90 Å². The number of halogens is 1. The van der Waals surface area contributed by atoms with Crippen LogP contribution in [-0.2, 0) is 4.79 Å². The van der Waals surface area contributed by atoms with Crippen molar-refractivity contribution in [2.45, 2.75) is 6.92 Å². The molecule has 0 N–H and O–H groups in total. The lowest BCUT2D eigenvalue weighted by molar-refractivity contribution is -0.120. The molecule has 1 amide bonds. The van der Waals surface area contributed by atoms with Gasteiger partial charge >= 0.3 is 0 Å². The van der Waals surface area contributed by atoms with Crippen LogP contribution in [0.2, 0.25) is 5.02 Å². The summed E-state index contributed by atoms with van der Waals surface area (Å²) in [6.45, 7) is 3.17. The van der Waals surface area contributed by atoms with Crippen LogP contribution in [0.4, 0.5) is 5.13 Å². The summed E-state index contributed by atoms with van der Waals surface area (Å²) in [5.74, 6) is 0.533. The summed E-state index contributed by atoms with van der Waals surface area (Å²) in [4.78, 5) is 21.6. The highest BCUT2D eigenvalue weighted by Gasteiger charge is 2.22. The Bertz CT molecular complexity index is 1200. The smallest absolute Gasteiger partial charge is 0.266 e. The number of aryl methyl sites for hydroxylation is 1. The van der Waals surface area contributed by atoms with Gasteiger partial charge in [0.2, 0.25) is 0 Å². The second-order valence-corrected chi connectivity index (χ2v) is 9.07. The van der Waals surface area contributed by atoms with Crippen LogP contribution in [0.15, 0.2) is 54.6 Å². The Morgan fingerprint density at radius 3 is 2.58 bits per heavy atom. The van der Waals surface area contributed by atoms with Crippen molar-refractivity contribution in [3.05, 3.63) is 65.2 Å². The molecule has 4 aromatic rings. The SMILES string of the molecule is Cc1ccc(Cl)c2sc(N(CCN(C)C)C(=O)COc3ccc4ccccc4c3)nc12. The zero-order valence-corrected chi connectivity index (χ0v) is 19.3. The molecule has 0 spiro atoms. The van der Waals surface area contributed by atoms with E-state index < -0.39 is 0 Å². The number of fused-ring (bicyclic) bond motifs is 2. The monoisotopic (exact) mass is 453 g/mol. The highest BCUT2D eigenvalue weighted by Crippen LogP contribution is 2.35. The Labute approximate surface area is 190 Å². The molecule has 0 aliphatic heterocycles. The minimum Gasteiger partial charge on any atom is -0.484 e. The van der Waals surface area contributed by atoms with Gasteiger partial charge in [-0.15, -0.1) is 0 Å². The molecule has 0 fully saturated rings. The molecule has 160 valence electrons. The Morgan fingerprint density at radius 1 is 1.06 bits per heavy atom. The standard InChI is InChI=1S/C24H24ClN3O2S/c1-16-8-11-20(25)23-22(16)26-24(31-23)28(13-12-27(2)3)21(29)15-30-19-10-9-17-6-4-5-7-18(17)14-19/h4-11,14H,12-13,15H2,1-3H3. The van der Waals surface area contributed by atoms with Gasteiger partial charge in [-0.3, -0.25) is 9.69 Å². The number of anilines is 1. The number of likely N-dealkylation sites (N-methyl/N-ethyl adjacent to an activating group) is 1. The minimum absolute atomic E-state index is 0.0611. The molecule has 3 aromatic carbocycles. The van der Waals surface area contributed by atoms with Gasteiger partial charge in [-0.05, 0) is 55.6 Å². The molecule has 4 rings (SSSR count). The summed E-state index contributed by atoms with van der Waals surface area (Å²) < 4.78 is 6.75. The zero-order valence-electron chi connectivity index (χ0n) is 17.8. The molecule has 0 aliphatic carbocycles. The van der Waals surface area contributed by atoms with Gasteiger partial charge in [-0.1, -0.05) is 59.3 Å². The molecule has 7 heteroatoms. The van der Waals surface area contributed by atoms with Gasteiger partial charge in [-0.25, -0.2) is 4.98 Å². The topological polar surface area (TPSA) is 45.7 Å². The van der Waals surface area contributed by atoms with E-state index in [1.165, 1.54) is 11.3 Å². The number of rotatable bonds is 7. The molecular weight excluding hydrogens is 430 g/mol. The highest BCUT2D eigenvalue weighted by atomic mass is 35.5. The fraction of sp³-hybridized carbons (Fsp3) is 0.250. The van der Waals surface area contributed by atoms with Crippen LogP contribution in [0.1, 0.15) is 5.56 Å². The largest absolute Gasteiger partial charge is 0.484 e. The van der Waals surface area contributed by atoms with E-state index in [-0.39, 0.29) is 12.5 Å². The van der Waals surface area contributed by atoms with E-state index in [0.717, 1.165) is 26.6 Å². The van der Waals surface area contributed by atoms with E-state index in [4.69, 9.17) is 21.3 Å². The fourth-order valence-corrected chi connectivity index (χ4v) is 4.67. The van der Waals surface area contributed by atoms with Gasteiger partial charge in [0.1, 0.15) is 5.75 Å². The van der Waals surface area contributed by atoms with Crippen LogP contribution in [0.5, 0.6) is 5.75 Å². The fourth-order valence-electron chi connectivity index (χ4n) is 3.31. The van der Waals surface area contributed by atoms with Crippen LogP contribution in [-0.4, -0.2) is 49.6 Å². The third-order valence-corrected chi connectivity index (χ3v) is 6.61. The molecule has 31 heavy (non-hydrogen) atoms. The number of carbonyl (C=O) groups is 1. The molecule has 1 aromatic heterocycles. The molecule has 0 bridgehead atoms. The normalized spacial score (nSPS) is 11.4. The summed E-state index contributed by atoms with van der Waals surface area (Å²) in [5.41, 5.74) is 1.87. The molecule has 0 saturated carbocycles. The Kier molecular flexibility index (Phi) is 6.41. The first-order chi connectivity index (χ1) is 14.9. The van der Waals surface area contributed by atoms with Crippen LogP contribution in [0.3, 0.4) is 0 Å². The first kappa shape index (κ1) is 21.6. The second-order valence-electron chi connectivity index (χ2n) is 7.68. The highest BCUT2D eigenvalue weighted by molar-refractivity contribution is 7.23. The van der Waals surface area contributed by atoms with Crippen molar-refractivity contribution >= 4 is 55.0 Å². The molecule has 5 nitrogen and oxygen atoms in total. The van der Waals surface area contributed by atoms with Crippen LogP contribution >= 0.6 is 22.9 Å². The predicted octanol–water partition coefficient (Wildman–Crippen LogP) is 5.38. The van der Waals surface area contributed by atoms with E-state index in [0.29, 0.717) is 29.0 Å². The first-order valence-electron chi connectivity index (χ1n) is 10.0. The minimum atomic E-state index is -0.136. The Morgan fingerprint density at radius 2 is 1.84 bits per heavy atom. The lowest BCUT2D eigenvalue weighted by Gasteiger charge is -2.22. The molecule has 0 radical (unpaired) electrons. The third-order valence-electron chi connectivity index (χ3n) is 5.07. The number of nitrogens with zero attached hydrogens (tertiary/aromatic N) is 3. The van der Waals surface area contributed by atoms with Gasteiger partial charge in [0.05, 0.1) is 15.2 Å². The van der Waals surface area contributed by atoms with Crippen LogP contribution in [0, 0.1) is 6.92 Å². The van der Waals surface area contributed by atoms with Crippen molar-refractivity contribution in [3.63, 3.8) is 0 Å². The molecular formula is C24H24ClN3O2S. The second kappa shape index (κ2) is 9.22. The number of amides is 1. The maximum atomic E-state index is 13.2. The van der Waals surface area contributed by atoms with E-state index in [1.807, 2.05) is 80.5 Å². The van der Waals surface area contributed by atoms with Gasteiger partial charge in [-0.2, -0.15) is 0 Å². The Balaban J connectivity index is 1.57. The molecule has 0 atom stereocenters. The lowest BCUT2D eigenvalue weighted by Crippen LogP contribution is -2.39. The maximum Gasteiger partial charge on any atom is 0.266 e. The summed E-state index contributed by atoms with van der Waals surface area (Å²) >= 11 is 7.81. The quantitative estimate of drug-likeness (QED) is 0.376. The van der Waals surface area contributed by atoms with E-state index in [9.17, 15) is 4.79 Å². The van der Waals surface area contributed by atoms with Crippen molar-refractivity contribution in [1.82, 2.24) is 9.88 Å². The predicted molar refractivity (Wildman–Crippen MR) is 130 cm³/mol. The van der Waals surface area contributed by atoms with Gasteiger partial charge in [0.25, 0.3) is 5.91 Å². The van der Waals surface area contributed by atoms with Crippen molar-refractivity contribution < 1.29 is 9.53 Å². The number of hydrogen-bond donors (Lipinski definition) is 0. The number of carbonyl (C=O) groups excluding carboxylic acids is 1. The van der Waals surface area contributed by atoms with Crippen molar-refractivity contribution in [2.24, 2.45) is 0 Å². The van der Waals surface area contributed by atoms with Crippen LogP contribution < -0.4 is 9.64 Å². The molecule has 0 aliphatic rings. The number of thiazole rings is 1. The number of benzene rings is 3.